The van der Waals surface area contributed by atoms with E-state index in [1.54, 1.807) is 0 Å². The van der Waals surface area contributed by atoms with Crippen molar-refractivity contribution >= 4 is 17.3 Å². The summed E-state index contributed by atoms with van der Waals surface area (Å²) in [5.74, 6) is -0.802. The zero-order chi connectivity index (χ0) is 14.8. The van der Waals surface area contributed by atoms with Crippen molar-refractivity contribution in [3.05, 3.63) is 51.5 Å². The van der Waals surface area contributed by atoms with Crippen molar-refractivity contribution in [2.45, 2.75) is 39.0 Å². The van der Waals surface area contributed by atoms with Crippen molar-refractivity contribution in [3.63, 3.8) is 0 Å². The van der Waals surface area contributed by atoms with E-state index in [0.29, 0.717) is 0 Å². The normalized spacial score (nSPS) is 11.6. The van der Waals surface area contributed by atoms with Crippen LogP contribution in [0.3, 0.4) is 0 Å². The summed E-state index contributed by atoms with van der Waals surface area (Å²) in [7, 11) is 0. The van der Waals surface area contributed by atoms with Gasteiger partial charge in [0.1, 0.15) is 0 Å². The van der Waals surface area contributed by atoms with Crippen LogP contribution in [0.5, 0.6) is 0 Å². The maximum absolute atomic E-state index is 10.8. The molecule has 2 aromatic rings. The Labute approximate surface area is 123 Å². The van der Waals surface area contributed by atoms with Gasteiger partial charge in [-0.2, -0.15) is 0 Å². The van der Waals surface area contributed by atoms with Gasteiger partial charge in [-0.3, -0.25) is 4.79 Å². The summed E-state index contributed by atoms with van der Waals surface area (Å²) in [5, 5.41) is 9.93. The van der Waals surface area contributed by atoms with Gasteiger partial charge in [-0.15, -0.1) is 11.3 Å². The van der Waals surface area contributed by atoms with Gasteiger partial charge >= 0.3 is 5.97 Å². The van der Waals surface area contributed by atoms with E-state index in [-0.39, 0.29) is 11.8 Å². The molecule has 1 N–H and O–H groups in total. The number of nitrogens with zero attached hydrogens (tertiary/aromatic N) is 1. The third kappa shape index (κ3) is 3.45. The van der Waals surface area contributed by atoms with Gasteiger partial charge in [0.15, 0.2) is 0 Å². The molecule has 20 heavy (non-hydrogen) atoms. The lowest BCUT2D eigenvalue weighted by atomic mass is 9.86. The van der Waals surface area contributed by atoms with E-state index < -0.39 is 5.97 Å². The summed E-state index contributed by atoms with van der Waals surface area (Å²) in [6.07, 6.45) is 0.957. The summed E-state index contributed by atoms with van der Waals surface area (Å²) >= 11 is 1.52. The van der Waals surface area contributed by atoms with Crippen LogP contribution in [0.15, 0.2) is 30.3 Å². The summed E-state index contributed by atoms with van der Waals surface area (Å²) in [6, 6.07) is 10.3. The zero-order valence-electron chi connectivity index (χ0n) is 12.0. The van der Waals surface area contributed by atoms with E-state index in [1.165, 1.54) is 16.9 Å². The van der Waals surface area contributed by atoms with Crippen LogP contribution in [0.1, 0.15) is 35.0 Å². The summed E-state index contributed by atoms with van der Waals surface area (Å²) in [5.41, 5.74) is 2.02. The lowest BCUT2D eigenvalue weighted by Gasteiger charge is -2.22. The highest BCUT2D eigenvalue weighted by atomic mass is 32.1. The molecule has 0 atom stereocenters. The van der Waals surface area contributed by atoms with Crippen LogP contribution < -0.4 is 0 Å². The average Bonchev–Trinajstić information content (AvgIpc) is 2.72. The molecule has 1 aromatic heterocycles. The van der Waals surface area contributed by atoms with Crippen molar-refractivity contribution in [3.8, 4) is 0 Å². The average molecular weight is 289 g/mol. The second kappa shape index (κ2) is 5.75. The molecule has 0 aliphatic heterocycles. The van der Waals surface area contributed by atoms with E-state index in [1.807, 2.05) is 25.1 Å². The van der Waals surface area contributed by atoms with Crippen molar-refractivity contribution in [1.29, 1.82) is 0 Å². The molecule has 0 bridgehead atoms. The highest BCUT2D eigenvalue weighted by Gasteiger charge is 2.26. The minimum Gasteiger partial charge on any atom is -0.481 e. The molecule has 0 spiro atoms. The highest BCUT2D eigenvalue weighted by Crippen LogP contribution is 2.32. The molecule has 0 aliphatic carbocycles. The second-order valence-corrected chi connectivity index (χ2v) is 6.73. The molecule has 0 amide bonds. The van der Waals surface area contributed by atoms with Crippen LogP contribution >= 0.6 is 11.3 Å². The molecular weight excluding hydrogens is 270 g/mol. The van der Waals surface area contributed by atoms with Crippen LogP contribution in [0.25, 0.3) is 0 Å². The van der Waals surface area contributed by atoms with Crippen LogP contribution in [0.2, 0.25) is 0 Å². The molecule has 3 nitrogen and oxygen atoms in total. The minimum absolute atomic E-state index is 0.0604. The molecule has 106 valence electrons. The fraction of sp³-hybridized carbons (Fsp3) is 0.375. The molecule has 2 rings (SSSR count). The molecule has 0 saturated carbocycles. The number of thiazole rings is 1. The Morgan fingerprint density at radius 1 is 1.30 bits per heavy atom. The van der Waals surface area contributed by atoms with E-state index in [0.717, 1.165) is 22.0 Å². The van der Waals surface area contributed by atoms with Crippen LogP contribution in [0, 0.1) is 6.92 Å². The van der Waals surface area contributed by atoms with Crippen molar-refractivity contribution < 1.29 is 9.90 Å². The first kappa shape index (κ1) is 14.7. The van der Waals surface area contributed by atoms with Crippen LogP contribution in [0.4, 0.5) is 0 Å². The van der Waals surface area contributed by atoms with Crippen molar-refractivity contribution in [1.82, 2.24) is 4.98 Å². The maximum atomic E-state index is 10.8. The Kier molecular flexibility index (Phi) is 4.23. The minimum atomic E-state index is -0.802. The first-order valence-corrected chi connectivity index (χ1v) is 7.42. The molecule has 0 unspecified atom stereocenters. The molecule has 0 aliphatic rings. The lowest BCUT2D eigenvalue weighted by molar-refractivity contribution is -0.136. The first-order valence-electron chi connectivity index (χ1n) is 6.61. The Morgan fingerprint density at radius 2 is 1.95 bits per heavy atom. The SMILES string of the molecule is Cc1nc(C(C)(C)Cc2ccccc2)sc1CC(=O)O. The van der Waals surface area contributed by atoms with Crippen LogP contribution in [-0.2, 0) is 23.1 Å². The largest absolute Gasteiger partial charge is 0.481 e. The molecular formula is C16H19NO2S. The third-order valence-corrected chi connectivity index (χ3v) is 4.80. The smallest absolute Gasteiger partial charge is 0.308 e. The van der Waals surface area contributed by atoms with E-state index in [9.17, 15) is 4.79 Å². The fourth-order valence-corrected chi connectivity index (χ4v) is 3.35. The Balaban J connectivity index is 2.23. The van der Waals surface area contributed by atoms with E-state index >= 15 is 0 Å². The number of aryl methyl sites for hydroxylation is 1. The number of aromatic nitrogens is 1. The van der Waals surface area contributed by atoms with E-state index in [2.05, 4.69) is 31.0 Å². The number of carboxylic acid groups (broad SMARTS) is 1. The second-order valence-electron chi connectivity index (χ2n) is 5.64. The quantitative estimate of drug-likeness (QED) is 0.915. The molecule has 4 heteroatoms. The van der Waals surface area contributed by atoms with Gasteiger partial charge in [0.2, 0.25) is 0 Å². The highest BCUT2D eigenvalue weighted by molar-refractivity contribution is 7.12. The Bertz CT molecular complexity index is 602. The van der Waals surface area contributed by atoms with Crippen LogP contribution in [-0.4, -0.2) is 16.1 Å². The number of carbonyl (C=O) groups is 1. The predicted octanol–water partition coefficient (Wildman–Crippen LogP) is 3.60. The maximum Gasteiger partial charge on any atom is 0.308 e. The number of hydrogen-bond donors (Lipinski definition) is 1. The summed E-state index contributed by atoms with van der Waals surface area (Å²) < 4.78 is 0. The lowest BCUT2D eigenvalue weighted by Crippen LogP contribution is -2.20. The summed E-state index contributed by atoms with van der Waals surface area (Å²) in [4.78, 5) is 16.3. The molecule has 0 fully saturated rings. The fourth-order valence-electron chi connectivity index (χ4n) is 2.20. The number of benzene rings is 1. The molecule has 1 aromatic carbocycles. The van der Waals surface area contributed by atoms with Gasteiger partial charge in [-0.25, -0.2) is 4.98 Å². The monoisotopic (exact) mass is 289 g/mol. The number of aliphatic carboxylic acids is 1. The molecule has 0 radical (unpaired) electrons. The molecule has 0 saturated heterocycles. The number of rotatable bonds is 5. The molecule has 1 heterocycles. The topological polar surface area (TPSA) is 50.2 Å². The van der Waals surface area contributed by atoms with Crippen molar-refractivity contribution in [2.24, 2.45) is 0 Å². The van der Waals surface area contributed by atoms with Gasteiger partial charge in [0.25, 0.3) is 0 Å². The van der Waals surface area contributed by atoms with E-state index in [4.69, 9.17) is 5.11 Å². The first-order chi connectivity index (χ1) is 9.38. The zero-order valence-corrected chi connectivity index (χ0v) is 12.8. The van der Waals surface area contributed by atoms with Gasteiger partial charge in [-0.1, -0.05) is 44.2 Å². The standard InChI is InChI=1S/C16H19NO2S/c1-11-13(9-14(18)19)20-15(17-11)16(2,3)10-12-7-5-4-6-8-12/h4-8H,9-10H2,1-3H3,(H,18,19). The Morgan fingerprint density at radius 3 is 2.55 bits per heavy atom. The predicted molar refractivity (Wildman–Crippen MR) is 81.4 cm³/mol. The van der Waals surface area contributed by atoms with Gasteiger partial charge in [0.05, 0.1) is 17.1 Å². The van der Waals surface area contributed by atoms with Gasteiger partial charge in [-0.05, 0) is 18.9 Å². The van der Waals surface area contributed by atoms with Crippen molar-refractivity contribution in [2.75, 3.05) is 0 Å². The van der Waals surface area contributed by atoms with Gasteiger partial charge in [0, 0.05) is 10.3 Å². The Hall–Kier alpha value is -1.68. The summed E-state index contributed by atoms with van der Waals surface area (Å²) in [6.45, 7) is 6.20. The number of hydrogen-bond acceptors (Lipinski definition) is 3. The van der Waals surface area contributed by atoms with Gasteiger partial charge < -0.3 is 5.11 Å². The number of carboxylic acids is 1. The third-order valence-electron chi connectivity index (χ3n) is 3.27.